The second kappa shape index (κ2) is 4.44. The van der Waals surface area contributed by atoms with Gasteiger partial charge in [-0.15, -0.1) is 0 Å². The van der Waals surface area contributed by atoms with Crippen LogP contribution in [0.1, 0.15) is 12.5 Å². The Morgan fingerprint density at radius 3 is 3.00 bits per heavy atom. The lowest BCUT2D eigenvalue weighted by atomic mass is 10.3. The van der Waals surface area contributed by atoms with E-state index in [1.54, 1.807) is 6.20 Å². The van der Waals surface area contributed by atoms with Gasteiger partial charge < -0.3 is 10.4 Å². The molecule has 4 heteroatoms. The first-order valence-electron chi connectivity index (χ1n) is 4.13. The van der Waals surface area contributed by atoms with E-state index in [1.165, 1.54) is 0 Å². The van der Waals surface area contributed by atoms with Crippen LogP contribution in [0.3, 0.4) is 0 Å². The van der Waals surface area contributed by atoms with E-state index in [0.29, 0.717) is 10.8 Å². The molecule has 13 heavy (non-hydrogen) atoms. The number of nitrogens with zero attached hydrogens (tertiary/aromatic N) is 1. The van der Waals surface area contributed by atoms with Crippen LogP contribution in [0.15, 0.2) is 12.3 Å². The lowest BCUT2D eigenvalue weighted by Gasteiger charge is -2.13. The summed E-state index contributed by atoms with van der Waals surface area (Å²) in [6.07, 6.45) is 1.69. The van der Waals surface area contributed by atoms with E-state index in [1.807, 2.05) is 19.9 Å². The standard InChI is InChI=1S/C9H13ClN2O/c1-6-3-4-11-9(8(6)10)12-7(2)5-13/h3-4,7,13H,5H2,1-2H3,(H,11,12). The third kappa shape index (κ3) is 2.57. The molecule has 1 atom stereocenters. The Bertz CT molecular complexity index is 291. The molecule has 1 unspecified atom stereocenters. The fourth-order valence-corrected chi connectivity index (χ4v) is 1.09. The summed E-state index contributed by atoms with van der Waals surface area (Å²) < 4.78 is 0. The van der Waals surface area contributed by atoms with Crippen molar-refractivity contribution in [3.63, 3.8) is 0 Å². The summed E-state index contributed by atoms with van der Waals surface area (Å²) in [7, 11) is 0. The minimum Gasteiger partial charge on any atom is -0.394 e. The van der Waals surface area contributed by atoms with Gasteiger partial charge in [0.25, 0.3) is 0 Å². The first kappa shape index (κ1) is 10.3. The molecule has 0 aromatic carbocycles. The third-order valence-electron chi connectivity index (χ3n) is 1.74. The van der Waals surface area contributed by atoms with Gasteiger partial charge in [0.15, 0.2) is 0 Å². The van der Waals surface area contributed by atoms with E-state index in [9.17, 15) is 0 Å². The van der Waals surface area contributed by atoms with Crippen molar-refractivity contribution in [2.45, 2.75) is 19.9 Å². The molecule has 0 spiro atoms. The van der Waals surface area contributed by atoms with Crippen LogP contribution in [-0.2, 0) is 0 Å². The van der Waals surface area contributed by atoms with Crippen LogP contribution in [0.25, 0.3) is 0 Å². The zero-order valence-electron chi connectivity index (χ0n) is 7.71. The number of rotatable bonds is 3. The Morgan fingerprint density at radius 1 is 1.69 bits per heavy atom. The van der Waals surface area contributed by atoms with E-state index >= 15 is 0 Å². The van der Waals surface area contributed by atoms with Crippen molar-refractivity contribution >= 4 is 17.4 Å². The molecule has 1 rings (SSSR count). The molecule has 0 fully saturated rings. The lowest BCUT2D eigenvalue weighted by molar-refractivity contribution is 0.281. The van der Waals surface area contributed by atoms with Crippen LogP contribution in [-0.4, -0.2) is 22.7 Å². The van der Waals surface area contributed by atoms with Crippen molar-refractivity contribution in [1.82, 2.24) is 4.98 Å². The van der Waals surface area contributed by atoms with Gasteiger partial charge in [0.05, 0.1) is 11.6 Å². The molecule has 0 aliphatic heterocycles. The monoisotopic (exact) mass is 200 g/mol. The number of anilines is 1. The van der Waals surface area contributed by atoms with Crippen LogP contribution in [0.2, 0.25) is 5.02 Å². The van der Waals surface area contributed by atoms with Crippen LogP contribution in [0.4, 0.5) is 5.82 Å². The number of aryl methyl sites for hydroxylation is 1. The fourth-order valence-electron chi connectivity index (χ4n) is 0.920. The summed E-state index contributed by atoms with van der Waals surface area (Å²) in [5.41, 5.74) is 0.976. The number of halogens is 1. The number of pyridine rings is 1. The molecule has 0 bridgehead atoms. The van der Waals surface area contributed by atoms with Crippen molar-refractivity contribution in [3.05, 3.63) is 22.8 Å². The molecule has 0 saturated carbocycles. The number of aromatic nitrogens is 1. The second-order valence-corrected chi connectivity index (χ2v) is 3.40. The van der Waals surface area contributed by atoms with E-state index in [2.05, 4.69) is 10.3 Å². The van der Waals surface area contributed by atoms with Crippen molar-refractivity contribution in [2.75, 3.05) is 11.9 Å². The molecule has 1 heterocycles. The van der Waals surface area contributed by atoms with Gasteiger partial charge in [-0.05, 0) is 25.5 Å². The quantitative estimate of drug-likeness (QED) is 0.783. The SMILES string of the molecule is Cc1ccnc(NC(C)CO)c1Cl. The van der Waals surface area contributed by atoms with Gasteiger partial charge in [-0.3, -0.25) is 0 Å². The Balaban J connectivity index is 2.83. The normalized spacial score (nSPS) is 12.6. The average Bonchev–Trinajstić information content (AvgIpc) is 2.13. The molecule has 72 valence electrons. The van der Waals surface area contributed by atoms with Crippen LogP contribution < -0.4 is 5.32 Å². The van der Waals surface area contributed by atoms with E-state index in [-0.39, 0.29) is 12.6 Å². The minimum atomic E-state index is -0.0354. The van der Waals surface area contributed by atoms with Crippen molar-refractivity contribution < 1.29 is 5.11 Å². The first-order valence-corrected chi connectivity index (χ1v) is 4.51. The fraction of sp³-hybridized carbons (Fsp3) is 0.444. The molecule has 1 aromatic rings. The van der Waals surface area contributed by atoms with E-state index in [0.717, 1.165) is 5.56 Å². The van der Waals surface area contributed by atoms with Gasteiger partial charge in [-0.2, -0.15) is 0 Å². The van der Waals surface area contributed by atoms with Gasteiger partial charge >= 0.3 is 0 Å². The predicted octanol–water partition coefficient (Wildman–Crippen LogP) is 1.84. The Hall–Kier alpha value is -0.800. The molecular formula is C9H13ClN2O. The smallest absolute Gasteiger partial charge is 0.145 e. The Morgan fingerprint density at radius 2 is 2.38 bits per heavy atom. The highest BCUT2D eigenvalue weighted by Gasteiger charge is 2.06. The topological polar surface area (TPSA) is 45.2 Å². The van der Waals surface area contributed by atoms with Crippen LogP contribution in [0.5, 0.6) is 0 Å². The number of hydrogen-bond donors (Lipinski definition) is 2. The maximum Gasteiger partial charge on any atom is 0.145 e. The van der Waals surface area contributed by atoms with Crippen LogP contribution in [0, 0.1) is 6.92 Å². The number of aliphatic hydroxyl groups excluding tert-OH is 1. The highest BCUT2D eigenvalue weighted by Crippen LogP contribution is 2.22. The largest absolute Gasteiger partial charge is 0.394 e. The molecule has 2 N–H and O–H groups in total. The molecule has 0 saturated heterocycles. The Labute approximate surface area is 82.8 Å². The van der Waals surface area contributed by atoms with Gasteiger partial charge in [0, 0.05) is 12.2 Å². The summed E-state index contributed by atoms with van der Waals surface area (Å²) in [4.78, 5) is 4.07. The zero-order chi connectivity index (χ0) is 9.84. The summed E-state index contributed by atoms with van der Waals surface area (Å²) in [6.45, 7) is 3.84. The zero-order valence-corrected chi connectivity index (χ0v) is 8.47. The van der Waals surface area contributed by atoms with Crippen molar-refractivity contribution in [3.8, 4) is 0 Å². The second-order valence-electron chi connectivity index (χ2n) is 3.02. The number of nitrogens with one attached hydrogen (secondary N) is 1. The summed E-state index contributed by atoms with van der Waals surface area (Å²) in [5, 5.41) is 12.4. The average molecular weight is 201 g/mol. The van der Waals surface area contributed by atoms with Gasteiger partial charge in [-0.25, -0.2) is 4.98 Å². The van der Waals surface area contributed by atoms with E-state index in [4.69, 9.17) is 16.7 Å². The maximum atomic E-state index is 8.82. The van der Waals surface area contributed by atoms with Crippen LogP contribution >= 0.6 is 11.6 Å². The maximum absolute atomic E-state index is 8.82. The lowest BCUT2D eigenvalue weighted by Crippen LogP contribution is -2.20. The van der Waals surface area contributed by atoms with Gasteiger partial charge in [-0.1, -0.05) is 11.6 Å². The Kier molecular flexibility index (Phi) is 3.51. The highest BCUT2D eigenvalue weighted by molar-refractivity contribution is 6.33. The molecule has 0 radical (unpaired) electrons. The molecular weight excluding hydrogens is 188 g/mol. The summed E-state index contributed by atoms with van der Waals surface area (Å²) in [5.74, 6) is 0.628. The van der Waals surface area contributed by atoms with Crippen molar-refractivity contribution in [2.24, 2.45) is 0 Å². The predicted molar refractivity (Wildman–Crippen MR) is 54.2 cm³/mol. The third-order valence-corrected chi connectivity index (χ3v) is 2.22. The van der Waals surface area contributed by atoms with Gasteiger partial charge in [0.2, 0.25) is 0 Å². The minimum absolute atomic E-state index is 0.0354. The first-order chi connectivity index (χ1) is 6.15. The van der Waals surface area contributed by atoms with Gasteiger partial charge in [0.1, 0.15) is 5.82 Å². The number of hydrogen-bond acceptors (Lipinski definition) is 3. The molecule has 0 aliphatic carbocycles. The molecule has 0 amide bonds. The molecule has 0 aliphatic rings. The summed E-state index contributed by atoms with van der Waals surface area (Å²) >= 11 is 5.99. The summed E-state index contributed by atoms with van der Waals surface area (Å²) in [6, 6.07) is 1.81. The molecule has 1 aromatic heterocycles. The highest BCUT2D eigenvalue weighted by atomic mass is 35.5. The van der Waals surface area contributed by atoms with E-state index < -0.39 is 0 Å². The molecule has 3 nitrogen and oxygen atoms in total. The number of aliphatic hydroxyl groups is 1. The van der Waals surface area contributed by atoms with Crippen molar-refractivity contribution in [1.29, 1.82) is 0 Å².